The molecule has 0 saturated carbocycles. The number of ether oxygens (including phenoxy) is 1. The van der Waals surface area contributed by atoms with Crippen LogP contribution >= 0.6 is 35.0 Å². The van der Waals surface area contributed by atoms with Crippen molar-refractivity contribution in [2.24, 2.45) is 0 Å². The number of rotatable bonds is 4. The molecule has 25 heavy (non-hydrogen) atoms. The van der Waals surface area contributed by atoms with Crippen LogP contribution in [-0.2, 0) is 0 Å². The van der Waals surface area contributed by atoms with Crippen molar-refractivity contribution in [1.29, 1.82) is 0 Å². The largest absolute Gasteiger partial charge is 0.492 e. The zero-order chi connectivity index (χ0) is 17.3. The smallest absolute Gasteiger partial charge is 0.132 e. The van der Waals surface area contributed by atoms with Gasteiger partial charge in [0.15, 0.2) is 0 Å². The highest BCUT2D eigenvalue weighted by Gasteiger charge is 2.37. The first-order chi connectivity index (χ1) is 12.2. The van der Waals surface area contributed by atoms with Gasteiger partial charge >= 0.3 is 0 Å². The van der Waals surface area contributed by atoms with Crippen molar-refractivity contribution in [1.82, 2.24) is 0 Å². The summed E-state index contributed by atoms with van der Waals surface area (Å²) in [4.78, 5) is 6.58. The van der Waals surface area contributed by atoms with E-state index >= 15 is 0 Å². The molecule has 3 aromatic rings. The molecule has 3 aromatic carbocycles. The van der Waals surface area contributed by atoms with Gasteiger partial charge in [-0.3, -0.25) is 0 Å². The van der Waals surface area contributed by atoms with Gasteiger partial charge in [0.25, 0.3) is 0 Å². The fraction of sp³-hybridized carbons (Fsp3) is 0.143. The lowest BCUT2D eigenvalue weighted by Crippen LogP contribution is -2.06. The minimum Gasteiger partial charge on any atom is -0.492 e. The van der Waals surface area contributed by atoms with Crippen molar-refractivity contribution in [2.75, 3.05) is 6.61 Å². The molecule has 0 amide bonds. The minimum atomic E-state index is -1.53. The number of hydrogen-bond donors (Lipinski definition) is 0. The highest BCUT2D eigenvalue weighted by atomic mass is 79.9. The van der Waals surface area contributed by atoms with Crippen LogP contribution in [0.15, 0.2) is 97.3 Å². The van der Waals surface area contributed by atoms with E-state index in [1.807, 2.05) is 11.8 Å². The van der Waals surface area contributed by atoms with Crippen LogP contribution in [0.25, 0.3) is 0 Å². The lowest BCUT2D eigenvalue weighted by atomic mass is 10.3. The molecule has 0 saturated heterocycles. The predicted octanol–water partition coefficient (Wildman–Crippen LogP) is 7.53. The molecule has 0 bridgehead atoms. The minimum absolute atomic E-state index is 0.734. The van der Waals surface area contributed by atoms with E-state index in [0.717, 1.165) is 18.8 Å². The van der Waals surface area contributed by atoms with Crippen LogP contribution in [-0.4, -0.2) is 6.61 Å². The van der Waals surface area contributed by atoms with Crippen LogP contribution in [0.1, 0.15) is 13.3 Å². The average Bonchev–Trinajstić information content (AvgIpc) is 2.67. The molecular formula is C21H19BrOS2. The fourth-order valence-electron chi connectivity index (χ4n) is 3.02. The molecule has 0 aromatic heterocycles. The van der Waals surface area contributed by atoms with Crippen molar-refractivity contribution in [2.45, 2.75) is 37.8 Å². The molecule has 1 aliphatic heterocycles. The summed E-state index contributed by atoms with van der Waals surface area (Å²) in [6.45, 7) is 2.87. The van der Waals surface area contributed by atoms with E-state index in [4.69, 9.17) is 4.74 Å². The molecule has 4 heteroatoms. The zero-order valence-electron chi connectivity index (χ0n) is 13.9. The van der Waals surface area contributed by atoms with Gasteiger partial charge in [0.1, 0.15) is 5.75 Å². The Labute approximate surface area is 162 Å². The van der Waals surface area contributed by atoms with E-state index in [-0.39, 0.29) is 0 Å². The Morgan fingerprint density at radius 1 is 0.800 bits per heavy atom. The highest BCUT2D eigenvalue weighted by molar-refractivity contribution is 9.58. The summed E-state index contributed by atoms with van der Waals surface area (Å²) in [6.07, 6.45) is 1.00. The first-order valence-electron chi connectivity index (χ1n) is 8.36. The predicted molar refractivity (Wildman–Crippen MR) is 111 cm³/mol. The van der Waals surface area contributed by atoms with Crippen LogP contribution in [0.2, 0.25) is 0 Å². The van der Waals surface area contributed by atoms with Crippen LogP contribution in [0.3, 0.4) is 0 Å². The lowest BCUT2D eigenvalue weighted by molar-refractivity contribution is 0.310. The maximum absolute atomic E-state index is 6.12. The molecule has 1 nitrogen and oxygen atoms in total. The molecule has 0 N–H and O–H groups in total. The molecule has 0 aliphatic carbocycles. The maximum atomic E-state index is 6.12. The molecule has 4 rings (SSSR count). The van der Waals surface area contributed by atoms with E-state index in [1.165, 1.54) is 24.5 Å². The maximum Gasteiger partial charge on any atom is 0.132 e. The second-order valence-electron chi connectivity index (χ2n) is 5.83. The van der Waals surface area contributed by atoms with Crippen molar-refractivity contribution < 1.29 is 4.74 Å². The second-order valence-corrected chi connectivity index (χ2v) is 12.2. The SMILES string of the molecule is CCCOc1ccccc1S1(Br)c2ccccc2Sc2ccccc21. The van der Waals surface area contributed by atoms with Crippen molar-refractivity contribution >= 4 is 35.0 Å². The normalized spacial score (nSPS) is 15.8. The van der Waals surface area contributed by atoms with Gasteiger partial charge in [0.2, 0.25) is 0 Å². The Bertz CT molecular complexity index is 864. The summed E-state index contributed by atoms with van der Waals surface area (Å²) in [7, 11) is -1.53. The van der Waals surface area contributed by atoms with Crippen LogP contribution in [0.5, 0.6) is 5.75 Å². The van der Waals surface area contributed by atoms with E-state index < -0.39 is 8.46 Å². The molecule has 0 unspecified atom stereocenters. The Morgan fingerprint density at radius 3 is 1.92 bits per heavy atom. The summed E-state index contributed by atoms with van der Waals surface area (Å²) >= 11 is 6.09. The van der Waals surface area contributed by atoms with Gasteiger partial charge in [-0.15, -0.1) is 0 Å². The van der Waals surface area contributed by atoms with E-state index in [1.54, 1.807) is 0 Å². The van der Waals surface area contributed by atoms with Crippen LogP contribution in [0, 0.1) is 0 Å². The topological polar surface area (TPSA) is 9.23 Å². The zero-order valence-corrected chi connectivity index (χ0v) is 17.2. The third-order valence-corrected chi connectivity index (χ3v) is 11.6. The number of hydrogen-bond acceptors (Lipinski definition) is 2. The quantitative estimate of drug-likeness (QED) is 0.422. The molecule has 0 fully saturated rings. The van der Waals surface area contributed by atoms with Gasteiger partial charge < -0.3 is 4.74 Å². The van der Waals surface area contributed by atoms with E-state index in [0.29, 0.717) is 0 Å². The summed E-state index contributed by atoms with van der Waals surface area (Å²) in [5, 5.41) is 0. The van der Waals surface area contributed by atoms with E-state index in [2.05, 4.69) is 94.5 Å². The molecule has 0 spiro atoms. The molecule has 1 heterocycles. The van der Waals surface area contributed by atoms with Gasteiger partial charge in [-0.05, 0) is 57.6 Å². The highest BCUT2D eigenvalue weighted by Crippen LogP contribution is 2.80. The van der Waals surface area contributed by atoms with Gasteiger partial charge in [0.05, 0.1) is 6.61 Å². The molecule has 128 valence electrons. The second kappa shape index (κ2) is 7.10. The first-order valence-corrected chi connectivity index (χ1v) is 12.6. The summed E-state index contributed by atoms with van der Waals surface area (Å²) < 4.78 is 6.12. The van der Waals surface area contributed by atoms with Gasteiger partial charge in [-0.25, -0.2) is 0 Å². The third-order valence-electron chi connectivity index (χ3n) is 4.14. The lowest BCUT2D eigenvalue weighted by Gasteiger charge is -2.41. The molecule has 0 atom stereocenters. The standard InChI is InChI=1S/C21H19BrOS2/c1-2-15-23-16-9-3-6-12-19(16)25(22)20-13-7-4-10-17(20)24-18-11-5-8-14-21(18)25/h3-14H,2,15H2,1H3. The van der Waals surface area contributed by atoms with Crippen LogP contribution < -0.4 is 4.74 Å². The number of benzene rings is 3. The Morgan fingerprint density at radius 2 is 1.32 bits per heavy atom. The van der Waals surface area contributed by atoms with Crippen molar-refractivity contribution in [3.05, 3.63) is 72.8 Å². The summed E-state index contributed by atoms with van der Waals surface area (Å²) in [6, 6.07) is 25.9. The summed E-state index contributed by atoms with van der Waals surface area (Å²) in [5.41, 5.74) is 0. The van der Waals surface area contributed by atoms with Crippen molar-refractivity contribution in [3.8, 4) is 5.75 Å². The Kier molecular flexibility index (Phi) is 4.85. The molecule has 0 radical (unpaired) electrons. The monoisotopic (exact) mass is 430 g/mol. The third kappa shape index (κ3) is 2.90. The average molecular weight is 431 g/mol. The molecule has 1 aliphatic rings. The van der Waals surface area contributed by atoms with Crippen LogP contribution in [0.4, 0.5) is 0 Å². The summed E-state index contributed by atoms with van der Waals surface area (Å²) in [5.74, 6) is 0.979. The first kappa shape index (κ1) is 17.1. The van der Waals surface area contributed by atoms with Crippen molar-refractivity contribution in [3.63, 3.8) is 0 Å². The molecular weight excluding hydrogens is 412 g/mol. The van der Waals surface area contributed by atoms with Gasteiger partial charge in [-0.2, -0.15) is 0 Å². The van der Waals surface area contributed by atoms with E-state index in [9.17, 15) is 0 Å². The van der Waals surface area contributed by atoms with Gasteiger partial charge in [-0.1, -0.05) is 63.5 Å². The number of fused-ring (bicyclic) bond motifs is 2. The number of halogens is 1. The number of para-hydroxylation sites is 1. The Balaban J connectivity index is 1.98. The van der Waals surface area contributed by atoms with Gasteiger partial charge in [0, 0.05) is 24.5 Å². The fourth-order valence-corrected chi connectivity index (χ4v) is 10.6. The Hall–Kier alpha value is -1.36.